The molecular weight excluding hydrogens is 238 g/mol. The van der Waals surface area contributed by atoms with Crippen molar-refractivity contribution in [1.82, 2.24) is 14.5 Å². The van der Waals surface area contributed by atoms with Crippen molar-refractivity contribution in [2.24, 2.45) is 0 Å². The number of hydrogen-bond donors (Lipinski definition) is 0. The Morgan fingerprint density at radius 3 is 2.76 bits per heavy atom. The number of hydrogen-bond acceptors (Lipinski definition) is 4. The lowest BCUT2D eigenvalue weighted by Gasteiger charge is -2.03. The molecule has 0 radical (unpaired) electrons. The Morgan fingerprint density at radius 1 is 1.29 bits per heavy atom. The Labute approximate surface area is 103 Å². The second-order valence-electron chi connectivity index (χ2n) is 3.26. The summed E-state index contributed by atoms with van der Waals surface area (Å²) >= 11 is 5.83. The first kappa shape index (κ1) is 11.1. The molecule has 0 saturated heterocycles. The van der Waals surface area contributed by atoms with Gasteiger partial charge in [-0.05, 0) is 12.1 Å². The maximum absolute atomic E-state index is 8.94. The number of pyridine rings is 1. The highest BCUT2D eigenvalue weighted by molar-refractivity contribution is 6.30. The van der Waals surface area contributed by atoms with Gasteiger partial charge in [0.15, 0.2) is 11.4 Å². The van der Waals surface area contributed by atoms with Crippen LogP contribution in [0.15, 0.2) is 24.7 Å². The minimum Gasteiger partial charge on any atom is -0.315 e. The molecule has 2 rings (SSSR count). The molecule has 17 heavy (non-hydrogen) atoms. The van der Waals surface area contributed by atoms with E-state index >= 15 is 0 Å². The molecule has 0 unspecified atom stereocenters. The largest absolute Gasteiger partial charge is 0.315 e. The molecule has 2 heterocycles. The summed E-state index contributed by atoms with van der Waals surface area (Å²) in [5, 5.41) is 18.3. The zero-order chi connectivity index (χ0) is 12.3. The Morgan fingerprint density at radius 2 is 2.12 bits per heavy atom. The van der Waals surface area contributed by atoms with Crippen molar-refractivity contribution in [1.29, 1.82) is 10.5 Å². The number of nitriles is 2. The van der Waals surface area contributed by atoms with Gasteiger partial charge in [-0.1, -0.05) is 11.6 Å². The third-order valence-corrected chi connectivity index (χ3v) is 2.40. The van der Waals surface area contributed by atoms with E-state index in [1.165, 1.54) is 6.33 Å². The van der Waals surface area contributed by atoms with Crippen LogP contribution >= 0.6 is 11.6 Å². The van der Waals surface area contributed by atoms with Crippen LogP contribution in [-0.4, -0.2) is 14.5 Å². The lowest BCUT2D eigenvalue weighted by Crippen LogP contribution is -2.03. The number of nitrogens with zero attached hydrogens (tertiary/aromatic N) is 5. The van der Waals surface area contributed by atoms with Crippen LogP contribution in [0, 0.1) is 22.7 Å². The van der Waals surface area contributed by atoms with Gasteiger partial charge in [0, 0.05) is 11.2 Å². The average molecular weight is 244 g/mol. The third kappa shape index (κ3) is 2.25. The molecule has 2 aromatic heterocycles. The van der Waals surface area contributed by atoms with Gasteiger partial charge in [0.25, 0.3) is 0 Å². The molecule has 0 aliphatic heterocycles. The molecule has 6 heteroatoms. The Kier molecular flexibility index (Phi) is 3.04. The van der Waals surface area contributed by atoms with E-state index in [0.717, 1.165) is 0 Å². The van der Waals surface area contributed by atoms with Crippen molar-refractivity contribution in [2.45, 2.75) is 6.54 Å². The number of rotatable bonds is 2. The predicted octanol–water partition coefficient (Wildman–Crippen LogP) is 1.72. The Balaban J connectivity index is 2.35. The first-order chi connectivity index (χ1) is 8.24. The van der Waals surface area contributed by atoms with Gasteiger partial charge in [0.1, 0.15) is 12.1 Å². The zero-order valence-electron chi connectivity index (χ0n) is 8.63. The summed E-state index contributed by atoms with van der Waals surface area (Å²) in [6.45, 7) is 0.359. The number of aromatic nitrogens is 3. The summed E-state index contributed by atoms with van der Waals surface area (Å²) in [7, 11) is 0. The molecule has 0 spiro atoms. The fourth-order valence-electron chi connectivity index (χ4n) is 1.41. The number of halogens is 1. The highest BCUT2D eigenvalue weighted by Crippen LogP contribution is 2.11. The topological polar surface area (TPSA) is 78.3 Å². The summed E-state index contributed by atoms with van der Waals surface area (Å²) in [5.41, 5.74) is 1.06. The maximum atomic E-state index is 8.94. The molecule has 0 atom stereocenters. The summed E-state index contributed by atoms with van der Waals surface area (Å²) in [5.74, 6) is 0. The van der Waals surface area contributed by atoms with Crippen LogP contribution in [0.4, 0.5) is 0 Å². The van der Waals surface area contributed by atoms with Crippen molar-refractivity contribution < 1.29 is 0 Å². The first-order valence-electron chi connectivity index (χ1n) is 4.70. The highest BCUT2D eigenvalue weighted by Gasteiger charge is 2.10. The molecule has 2 aromatic rings. The molecule has 0 aromatic carbocycles. The lowest BCUT2D eigenvalue weighted by molar-refractivity contribution is 0.763. The van der Waals surface area contributed by atoms with E-state index in [4.69, 9.17) is 22.1 Å². The van der Waals surface area contributed by atoms with Crippen molar-refractivity contribution in [2.75, 3.05) is 0 Å². The van der Waals surface area contributed by atoms with Crippen LogP contribution in [0.1, 0.15) is 17.1 Å². The standard InChI is InChI=1S/C11H6ClN5/c12-8-1-2-15-9(3-8)6-17-7-16-10(4-13)11(17)5-14/h1-3,7H,6H2. The van der Waals surface area contributed by atoms with Crippen LogP contribution in [-0.2, 0) is 6.54 Å². The van der Waals surface area contributed by atoms with Crippen LogP contribution < -0.4 is 0 Å². The minimum absolute atomic E-state index is 0.120. The third-order valence-electron chi connectivity index (χ3n) is 2.16. The first-order valence-corrected chi connectivity index (χ1v) is 5.08. The SMILES string of the molecule is N#Cc1ncn(Cc2cc(Cl)ccn2)c1C#N. The summed E-state index contributed by atoms with van der Waals surface area (Å²) < 4.78 is 1.57. The molecule has 0 aliphatic rings. The Hall–Kier alpha value is -2.37. The highest BCUT2D eigenvalue weighted by atomic mass is 35.5. The molecule has 0 bridgehead atoms. The smallest absolute Gasteiger partial charge is 0.176 e. The molecule has 0 aliphatic carbocycles. The monoisotopic (exact) mass is 243 g/mol. The van der Waals surface area contributed by atoms with E-state index in [1.54, 1.807) is 22.9 Å². The van der Waals surface area contributed by atoms with Crippen LogP contribution in [0.5, 0.6) is 0 Å². The van der Waals surface area contributed by atoms with Gasteiger partial charge in [-0.2, -0.15) is 10.5 Å². The molecule has 0 saturated carbocycles. The van der Waals surface area contributed by atoms with Crippen molar-refractivity contribution in [3.63, 3.8) is 0 Å². The second-order valence-corrected chi connectivity index (χ2v) is 3.70. The van der Waals surface area contributed by atoms with Gasteiger partial charge < -0.3 is 4.57 Å². The fourth-order valence-corrected chi connectivity index (χ4v) is 1.59. The summed E-state index contributed by atoms with van der Waals surface area (Å²) in [6, 6.07) is 7.18. The van der Waals surface area contributed by atoms with Gasteiger partial charge in [-0.3, -0.25) is 4.98 Å². The predicted molar refractivity (Wildman–Crippen MR) is 60.0 cm³/mol. The van der Waals surface area contributed by atoms with Crippen molar-refractivity contribution in [3.8, 4) is 12.1 Å². The van der Waals surface area contributed by atoms with Crippen LogP contribution in [0.25, 0.3) is 0 Å². The van der Waals surface area contributed by atoms with Crippen LogP contribution in [0.3, 0.4) is 0 Å². The van der Waals surface area contributed by atoms with Gasteiger partial charge in [-0.15, -0.1) is 0 Å². The molecular formula is C11H6ClN5. The fraction of sp³-hybridized carbons (Fsp3) is 0.0909. The van der Waals surface area contributed by atoms with E-state index in [0.29, 0.717) is 17.3 Å². The molecule has 0 N–H and O–H groups in total. The van der Waals surface area contributed by atoms with Gasteiger partial charge in [0.2, 0.25) is 0 Å². The van der Waals surface area contributed by atoms with Gasteiger partial charge in [-0.25, -0.2) is 4.98 Å². The quantitative estimate of drug-likeness (QED) is 0.805. The zero-order valence-corrected chi connectivity index (χ0v) is 9.39. The van der Waals surface area contributed by atoms with E-state index in [1.807, 2.05) is 12.1 Å². The second kappa shape index (κ2) is 4.65. The van der Waals surface area contributed by atoms with Crippen molar-refractivity contribution >= 4 is 11.6 Å². The van der Waals surface area contributed by atoms with Gasteiger partial charge >= 0.3 is 0 Å². The normalized spacial score (nSPS) is 9.59. The van der Waals surface area contributed by atoms with Crippen molar-refractivity contribution in [3.05, 3.63) is 46.8 Å². The van der Waals surface area contributed by atoms with Gasteiger partial charge in [0.05, 0.1) is 18.6 Å². The molecule has 5 nitrogen and oxygen atoms in total. The van der Waals surface area contributed by atoms with Crippen LogP contribution in [0.2, 0.25) is 5.02 Å². The summed E-state index contributed by atoms with van der Waals surface area (Å²) in [6.07, 6.45) is 3.03. The maximum Gasteiger partial charge on any atom is 0.176 e. The van der Waals surface area contributed by atoms with E-state index in [-0.39, 0.29) is 11.4 Å². The minimum atomic E-state index is 0.120. The van der Waals surface area contributed by atoms with E-state index in [9.17, 15) is 0 Å². The molecule has 0 amide bonds. The van der Waals surface area contributed by atoms with E-state index in [2.05, 4.69) is 9.97 Å². The Bertz CT molecular complexity index is 632. The lowest BCUT2D eigenvalue weighted by atomic mass is 10.3. The average Bonchev–Trinajstić information content (AvgIpc) is 2.71. The number of imidazole rings is 1. The summed E-state index contributed by atoms with van der Waals surface area (Å²) in [4.78, 5) is 7.96. The molecule has 82 valence electrons. The van der Waals surface area contributed by atoms with E-state index < -0.39 is 0 Å². The molecule has 0 fully saturated rings.